The van der Waals surface area contributed by atoms with Crippen LogP contribution in [0.2, 0.25) is 5.02 Å². The van der Waals surface area contributed by atoms with Crippen molar-refractivity contribution in [3.63, 3.8) is 0 Å². The molecule has 5 rings (SSSR count). The summed E-state index contributed by atoms with van der Waals surface area (Å²) in [5.41, 5.74) is 3.33. The van der Waals surface area contributed by atoms with Crippen molar-refractivity contribution in [2.24, 2.45) is 0 Å². The Morgan fingerprint density at radius 3 is 2.94 bits per heavy atom. The maximum atomic E-state index is 13.4. The molecule has 4 aromatic rings. The van der Waals surface area contributed by atoms with E-state index in [0.717, 1.165) is 41.9 Å². The molecule has 7 heteroatoms. The highest BCUT2D eigenvalue weighted by Gasteiger charge is 2.33. The van der Waals surface area contributed by atoms with Gasteiger partial charge in [0.15, 0.2) is 0 Å². The van der Waals surface area contributed by atoms with Gasteiger partial charge in [0, 0.05) is 29.9 Å². The van der Waals surface area contributed by atoms with Gasteiger partial charge in [0.25, 0.3) is 5.91 Å². The molecule has 1 aromatic carbocycles. The number of pyridine rings is 1. The van der Waals surface area contributed by atoms with Crippen LogP contribution < -0.4 is 0 Å². The predicted molar refractivity (Wildman–Crippen MR) is 118 cm³/mol. The lowest BCUT2D eigenvalue weighted by molar-refractivity contribution is 0.0564. The third-order valence-corrected chi connectivity index (χ3v) is 6.04. The van der Waals surface area contributed by atoms with Gasteiger partial charge in [-0.15, -0.1) is 0 Å². The molecule has 0 N–H and O–H groups in total. The van der Waals surface area contributed by atoms with Crippen molar-refractivity contribution in [3.05, 3.63) is 88.5 Å². The molecule has 0 radical (unpaired) electrons. The van der Waals surface area contributed by atoms with E-state index in [1.165, 1.54) is 0 Å². The summed E-state index contributed by atoms with van der Waals surface area (Å²) in [6, 6.07) is 13.4. The summed E-state index contributed by atoms with van der Waals surface area (Å²) in [5.74, 6) is 1.27. The van der Waals surface area contributed by atoms with Crippen LogP contribution in [0.1, 0.15) is 58.7 Å². The van der Waals surface area contributed by atoms with Crippen molar-refractivity contribution in [1.29, 1.82) is 0 Å². The number of halogens is 1. The van der Waals surface area contributed by atoms with E-state index in [1.807, 2.05) is 64.9 Å². The molecule has 1 fully saturated rings. The van der Waals surface area contributed by atoms with Crippen LogP contribution in [0.4, 0.5) is 0 Å². The maximum absolute atomic E-state index is 13.4. The van der Waals surface area contributed by atoms with Crippen molar-refractivity contribution >= 4 is 23.2 Å². The van der Waals surface area contributed by atoms with E-state index in [4.69, 9.17) is 16.0 Å². The molecule has 3 aromatic heterocycles. The van der Waals surface area contributed by atoms with Gasteiger partial charge in [-0.2, -0.15) is 0 Å². The van der Waals surface area contributed by atoms with Gasteiger partial charge in [0.2, 0.25) is 5.89 Å². The van der Waals surface area contributed by atoms with Crippen LogP contribution in [-0.2, 0) is 6.42 Å². The molecule has 1 unspecified atom stereocenters. The first-order valence-electron chi connectivity index (χ1n) is 10.5. The second kappa shape index (κ2) is 8.19. The van der Waals surface area contributed by atoms with Crippen molar-refractivity contribution in [2.75, 3.05) is 6.54 Å². The maximum Gasteiger partial charge on any atom is 0.274 e. The normalized spacial score (nSPS) is 16.7. The van der Waals surface area contributed by atoms with Crippen LogP contribution >= 0.6 is 11.6 Å². The zero-order chi connectivity index (χ0) is 21.4. The molecule has 1 aliphatic heterocycles. The van der Waals surface area contributed by atoms with E-state index in [2.05, 4.69) is 9.97 Å². The lowest BCUT2D eigenvalue weighted by atomic mass is 10.0. The summed E-state index contributed by atoms with van der Waals surface area (Å²) >= 11 is 6.09. The molecule has 1 atom stereocenters. The Morgan fingerprint density at radius 1 is 1.23 bits per heavy atom. The monoisotopic (exact) mass is 434 g/mol. The lowest BCUT2D eigenvalue weighted by Crippen LogP contribution is -2.38. The van der Waals surface area contributed by atoms with E-state index < -0.39 is 0 Å². The van der Waals surface area contributed by atoms with E-state index in [-0.39, 0.29) is 11.9 Å². The number of imidazole rings is 1. The minimum Gasteiger partial charge on any atom is -0.443 e. The molecule has 0 saturated carbocycles. The molecule has 1 saturated heterocycles. The number of piperidine rings is 1. The molecule has 6 nitrogen and oxygen atoms in total. The lowest BCUT2D eigenvalue weighted by Gasteiger charge is -2.33. The topological polar surface area (TPSA) is 63.6 Å². The number of fused-ring (bicyclic) bond motifs is 1. The Labute approximate surface area is 185 Å². The molecule has 0 spiro atoms. The first kappa shape index (κ1) is 19.8. The molecule has 31 heavy (non-hydrogen) atoms. The molecular weight excluding hydrogens is 412 g/mol. The van der Waals surface area contributed by atoms with E-state index >= 15 is 0 Å². The Balaban J connectivity index is 1.39. The van der Waals surface area contributed by atoms with Crippen LogP contribution in [-0.4, -0.2) is 31.7 Å². The van der Waals surface area contributed by atoms with Gasteiger partial charge in [-0.25, -0.2) is 9.97 Å². The highest BCUT2D eigenvalue weighted by molar-refractivity contribution is 6.30. The summed E-state index contributed by atoms with van der Waals surface area (Å²) in [4.78, 5) is 24.3. The zero-order valence-corrected chi connectivity index (χ0v) is 18.0. The molecule has 0 aliphatic carbocycles. The van der Waals surface area contributed by atoms with Gasteiger partial charge in [0.1, 0.15) is 23.1 Å². The van der Waals surface area contributed by atoms with E-state index in [9.17, 15) is 4.79 Å². The van der Waals surface area contributed by atoms with Crippen molar-refractivity contribution < 1.29 is 9.21 Å². The molecule has 158 valence electrons. The second-order valence-corrected chi connectivity index (χ2v) is 8.44. The Hall–Kier alpha value is -3.12. The predicted octanol–water partition coefficient (Wildman–Crippen LogP) is 5.24. The van der Waals surface area contributed by atoms with Crippen LogP contribution in [0.15, 0.2) is 59.3 Å². The largest absolute Gasteiger partial charge is 0.443 e. The third-order valence-electron chi connectivity index (χ3n) is 5.80. The number of hydrogen-bond donors (Lipinski definition) is 0. The number of aryl methyl sites for hydroxylation is 1. The van der Waals surface area contributed by atoms with Crippen LogP contribution in [0.3, 0.4) is 0 Å². The highest BCUT2D eigenvalue weighted by Crippen LogP contribution is 2.32. The molecule has 4 heterocycles. The van der Waals surface area contributed by atoms with Gasteiger partial charge in [-0.3, -0.25) is 4.79 Å². The zero-order valence-electron chi connectivity index (χ0n) is 17.3. The van der Waals surface area contributed by atoms with Crippen LogP contribution in [0.25, 0.3) is 5.65 Å². The number of aromatic nitrogens is 3. The molecular formula is C24H23ClN4O2. The minimum atomic E-state index is -0.180. The van der Waals surface area contributed by atoms with Gasteiger partial charge in [-0.05, 0) is 56.0 Å². The molecule has 1 amide bonds. The van der Waals surface area contributed by atoms with E-state index in [0.29, 0.717) is 29.6 Å². The number of benzene rings is 1. The van der Waals surface area contributed by atoms with Gasteiger partial charge in [-0.1, -0.05) is 29.8 Å². The standard InChI is InChI=1S/C24H23ClN4O2/c1-16-6-4-10-22-27-20(15-29(16)22)24(30)28-11-3-2-9-21(28)23-26-14-19(31-23)13-17-7-5-8-18(25)12-17/h4-8,10,12,14-15,21H,2-3,9,11,13H2,1H3. The quantitative estimate of drug-likeness (QED) is 0.440. The number of rotatable bonds is 4. The first-order chi connectivity index (χ1) is 15.1. The SMILES string of the molecule is Cc1cccc2nc(C(=O)N3CCCCC3c3ncc(Cc4cccc(Cl)c4)o3)cn12. The average Bonchev–Trinajstić information content (AvgIpc) is 3.41. The van der Waals surface area contributed by atoms with Crippen molar-refractivity contribution in [2.45, 2.75) is 38.6 Å². The highest BCUT2D eigenvalue weighted by atomic mass is 35.5. The Morgan fingerprint density at radius 2 is 2.10 bits per heavy atom. The molecule has 0 bridgehead atoms. The number of oxazole rings is 1. The smallest absolute Gasteiger partial charge is 0.274 e. The molecule has 1 aliphatic rings. The number of amides is 1. The van der Waals surface area contributed by atoms with Crippen LogP contribution in [0, 0.1) is 6.92 Å². The fraction of sp³-hybridized carbons (Fsp3) is 0.292. The number of nitrogens with zero attached hydrogens (tertiary/aromatic N) is 4. The third kappa shape index (κ3) is 3.95. The Kier molecular flexibility index (Phi) is 5.24. The fourth-order valence-electron chi connectivity index (χ4n) is 4.24. The number of carbonyl (C=O) groups is 1. The summed E-state index contributed by atoms with van der Waals surface area (Å²) in [6.07, 6.45) is 7.01. The second-order valence-electron chi connectivity index (χ2n) is 8.00. The summed E-state index contributed by atoms with van der Waals surface area (Å²) in [7, 11) is 0. The summed E-state index contributed by atoms with van der Waals surface area (Å²) in [6.45, 7) is 2.67. The first-order valence-corrected chi connectivity index (χ1v) is 10.9. The van der Waals surface area contributed by atoms with Gasteiger partial charge < -0.3 is 13.7 Å². The average molecular weight is 435 g/mol. The van der Waals surface area contributed by atoms with Crippen LogP contribution in [0.5, 0.6) is 0 Å². The Bertz CT molecular complexity index is 1250. The van der Waals surface area contributed by atoms with Crippen molar-refractivity contribution in [1.82, 2.24) is 19.3 Å². The minimum absolute atomic E-state index is 0.0811. The number of likely N-dealkylation sites (tertiary alicyclic amines) is 1. The number of hydrogen-bond acceptors (Lipinski definition) is 4. The summed E-state index contributed by atoms with van der Waals surface area (Å²) < 4.78 is 8.03. The van der Waals surface area contributed by atoms with Crippen molar-refractivity contribution in [3.8, 4) is 0 Å². The van der Waals surface area contributed by atoms with Gasteiger partial charge in [0.05, 0.1) is 6.20 Å². The van der Waals surface area contributed by atoms with Gasteiger partial charge >= 0.3 is 0 Å². The fourth-order valence-corrected chi connectivity index (χ4v) is 4.45. The van der Waals surface area contributed by atoms with E-state index in [1.54, 1.807) is 6.20 Å². The summed E-state index contributed by atoms with van der Waals surface area (Å²) in [5, 5.41) is 0.698. The number of carbonyl (C=O) groups excluding carboxylic acids is 1.